The third-order valence-corrected chi connectivity index (χ3v) is 6.33. The zero-order chi connectivity index (χ0) is 23.8. The molecule has 3 aromatic carbocycles. The minimum atomic E-state index is -3.86. The standard InChI is InChI=1S/C24H25FN2O5S/c1-17-8-9-19(14-23(17)33(29,30)26-16-18-6-4-3-5-7-18)24(28)27-20-10-11-22(21(25)15-20)32-13-12-31-2/h3-11,14-15,26H,12-13,16H2,1-2H3,(H,27,28). The molecule has 3 rings (SSSR count). The van der Waals surface area contributed by atoms with Gasteiger partial charge in [-0.25, -0.2) is 17.5 Å². The molecule has 0 aromatic heterocycles. The van der Waals surface area contributed by atoms with E-state index in [0.717, 1.165) is 11.6 Å². The smallest absolute Gasteiger partial charge is 0.255 e. The maximum absolute atomic E-state index is 14.2. The fourth-order valence-corrected chi connectivity index (χ4v) is 4.30. The molecule has 0 aliphatic rings. The first-order valence-corrected chi connectivity index (χ1v) is 11.7. The van der Waals surface area contributed by atoms with Crippen LogP contribution in [-0.4, -0.2) is 34.6 Å². The number of nitrogens with one attached hydrogen (secondary N) is 2. The van der Waals surface area contributed by atoms with Crippen LogP contribution in [0.15, 0.2) is 71.6 Å². The summed E-state index contributed by atoms with van der Waals surface area (Å²) in [5.74, 6) is -1.17. The molecule has 0 spiro atoms. The van der Waals surface area contributed by atoms with Crippen molar-refractivity contribution in [1.29, 1.82) is 0 Å². The Labute approximate surface area is 192 Å². The summed E-state index contributed by atoms with van der Waals surface area (Å²) in [5.41, 5.74) is 1.64. The first-order valence-electron chi connectivity index (χ1n) is 10.2. The maximum atomic E-state index is 14.2. The van der Waals surface area contributed by atoms with Gasteiger partial charge in [-0.15, -0.1) is 0 Å². The zero-order valence-corrected chi connectivity index (χ0v) is 19.1. The number of sulfonamides is 1. The molecule has 9 heteroatoms. The van der Waals surface area contributed by atoms with Gasteiger partial charge in [0.2, 0.25) is 10.0 Å². The average Bonchev–Trinajstić information content (AvgIpc) is 2.80. The van der Waals surface area contributed by atoms with Crippen molar-refractivity contribution < 1.29 is 27.1 Å². The lowest BCUT2D eigenvalue weighted by molar-refractivity contribution is 0.102. The highest BCUT2D eigenvalue weighted by Crippen LogP contribution is 2.23. The van der Waals surface area contributed by atoms with E-state index in [2.05, 4.69) is 10.0 Å². The molecule has 3 aromatic rings. The second kappa shape index (κ2) is 11.0. The highest BCUT2D eigenvalue weighted by molar-refractivity contribution is 7.89. The first-order chi connectivity index (χ1) is 15.8. The van der Waals surface area contributed by atoms with Crippen molar-refractivity contribution >= 4 is 21.6 Å². The highest BCUT2D eigenvalue weighted by Gasteiger charge is 2.19. The highest BCUT2D eigenvalue weighted by atomic mass is 32.2. The van der Waals surface area contributed by atoms with Crippen molar-refractivity contribution in [2.45, 2.75) is 18.4 Å². The molecular weight excluding hydrogens is 447 g/mol. The summed E-state index contributed by atoms with van der Waals surface area (Å²) < 4.78 is 52.6. The van der Waals surface area contributed by atoms with E-state index in [-0.39, 0.29) is 35.0 Å². The number of amides is 1. The number of rotatable bonds is 10. The quantitative estimate of drug-likeness (QED) is 0.437. The van der Waals surface area contributed by atoms with Crippen molar-refractivity contribution in [3.05, 3.63) is 89.2 Å². The summed E-state index contributed by atoms with van der Waals surface area (Å²) in [6, 6.07) is 17.5. The van der Waals surface area contributed by atoms with Crippen LogP contribution in [-0.2, 0) is 21.3 Å². The summed E-state index contributed by atoms with van der Waals surface area (Å²) in [6.07, 6.45) is 0. The van der Waals surface area contributed by atoms with Crippen molar-refractivity contribution in [2.75, 3.05) is 25.6 Å². The summed E-state index contributed by atoms with van der Waals surface area (Å²) in [5, 5.41) is 2.58. The van der Waals surface area contributed by atoms with Gasteiger partial charge >= 0.3 is 0 Å². The van der Waals surface area contributed by atoms with E-state index in [0.29, 0.717) is 12.2 Å². The summed E-state index contributed by atoms with van der Waals surface area (Å²) in [6.45, 7) is 2.28. The van der Waals surface area contributed by atoms with Gasteiger partial charge in [0.1, 0.15) is 6.61 Å². The molecule has 0 fully saturated rings. The van der Waals surface area contributed by atoms with E-state index in [4.69, 9.17) is 9.47 Å². The predicted octanol–water partition coefficient (Wildman–Crippen LogP) is 3.89. The molecule has 7 nitrogen and oxygen atoms in total. The van der Waals surface area contributed by atoms with Gasteiger partial charge in [-0.3, -0.25) is 4.79 Å². The van der Waals surface area contributed by atoms with E-state index in [1.54, 1.807) is 13.0 Å². The molecule has 0 bridgehead atoms. The molecule has 0 unspecified atom stereocenters. The lowest BCUT2D eigenvalue weighted by Crippen LogP contribution is -2.24. The van der Waals surface area contributed by atoms with E-state index >= 15 is 0 Å². The fourth-order valence-electron chi connectivity index (χ4n) is 3.02. The van der Waals surface area contributed by atoms with Crippen molar-refractivity contribution in [2.24, 2.45) is 0 Å². The van der Waals surface area contributed by atoms with E-state index in [1.807, 2.05) is 30.3 Å². The van der Waals surface area contributed by atoms with Crippen LogP contribution in [0.25, 0.3) is 0 Å². The number of aryl methyl sites for hydroxylation is 1. The number of methoxy groups -OCH3 is 1. The monoisotopic (exact) mass is 472 g/mol. The number of hydrogen-bond donors (Lipinski definition) is 2. The van der Waals surface area contributed by atoms with Crippen LogP contribution in [0.3, 0.4) is 0 Å². The molecular formula is C24H25FN2O5S. The molecule has 0 aliphatic heterocycles. The molecule has 0 atom stereocenters. The summed E-state index contributed by atoms with van der Waals surface area (Å²) >= 11 is 0. The van der Waals surface area contributed by atoms with Crippen molar-refractivity contribution in [1.82, 2.24) is 4.72 Å². The fraction of sp³-hybridized carbons (Fsp3) is 0.208. The predicted molar refractivity (Wildman–Crippen MR) is 123 cm³/mol. The first kappa shape index (κ1) is 24.4. The van der Waals surface area contributed by atoms with Gasteiger partial charge in [0.05, 0.1) is 11.5 Å². The molecule has 33 heavy (non-hydrogen) atoms. The van der Waals surface area contributed by atoms with E-state index in [1.165, 1.54) is 31.4 Å². The Morgan fingerprint density at radius 1 is 1.00 bits per heavy atom. The van der Waals surface area contributed by atoms with Crippen LogP contribution in [0, 0.1) is 12.7 Å². The molecule has 0 saturated carbocycles. The Morgan fingerprint density at radius 3 is 2.45 bits per heavy atom. The minimum Gasteiger partial charge on any atom is -0.488 e. The van der Waals surface area contributed by atoms with Gasteiger partial charge in [-0.05, 0) is 42.3 Å². The Morgan fingerprint density at radius 2 is 1.76 bits per heavy atom. The molecule has 1 amide bonds. The van der Waals surface area contributed by atoms with E-state index < -0.39 is 21.7 Å². The van der Waals surface area contributed by atoms with Gasteiger partial charge in [0.15, 0.2) is 11.6 Å². The van der Waals surface area contributed by atoms with Gasteiger partial charge in [-0.2, -0.15) is 0 Å². The molecule has 174 valence electrons. The van der Waals surface area contributed by atoms with Gasteiger partial charge in [0, 0.05) is 31.0 Å². The van der Waals surface area contributed by atoms with Gasteiger partial charge in [-0.1, -0.05) is 36.4 Å². The summed E-state index contributed by atoms with van der Waals surface area (Å²) in [4.78, 5) is 12.7. The second-order valence-electron chi connectivity index (χ2n) is 7.23. The number of benzene rings is 3. The number of ether oxygens (including phenoxy) is 2. The van der Waals surface area contributed by atoms with Gasteiger partial charge in [0.25, 0.3) is 5.91 Å². The molecule has 0 heterocycles. The van der Waals surface area contributed by atoms with Gasteiger partial charge < -0.3 is 14.8 Å². The lowest BCUT2D eigenvalue weighted by atomic mass is 10.1. The Kier molecular flexibility index (Phi) is 8.16. The van der Waals surface area contributed by atoms with E-state index in [9.17, 15) is 17.6 Å². The third-order valence-electron chi connectivity index (χ3n) is 4.78. The number of halogens is 1. The number of carbonyl (C=O) groups excluding carboxylic acids is 1. The second-order valence-corrected chi connectivity index (χ2v) is 8.97. The van der Waals surface area contributed by atoms with Crippen LogP contribution < -0.4 is 14.8 Å². The van der Waals surface area contributed by atoms with Crippen LogP contribution in [0.4, 0.5) is 10.1 Å². The molecule has 0 radical (unpaired) electrons. The zero-order valence-electron chi connectivity index (χ0n) is 18.3. The van der Waals surface area contributed by atoms with Crippen LogP contribution in [0.1, 0.15) is 21.5 Å². The number of anilines is 1. The Balaban J connectivity index is 1.73. The topological polar surface area (TPSA) is 93.7 Å². The molecule has 2 N–H and O–H groups in total. The maximum Gasteiger partial charge on any atom is 0.255 e. The Bertz CT molecular complexity index is 1220. The number of carbonyl (C=O) groups is 1. The Hall–Kier alpha value is -3.27. The molecule has 0 aliphatic carbocycles. The minimum absolute atomic E-state index is 0.000785. The van der Waals surface area contributed by atoms with Crippen LogP contribution in [0.2, 0.25) is 0 Å². The average molecular weight is 473 g/mol. The molecule has 0 saturated heterocycles. The normalized spacial score (nSPS) is 11.2. The van der Waals surface area contributed by atoms with Crippen LogP contribution >= 0.6 is 0 Å². The van der Waals surface area contributed by atoms with Crippen molar-refractivity contribution in [3.8, 4) is 5.75 Å². The SMILES string of the molecule is COCCOc1ccc(NC(=O)c2ccc(C)c(S(=O)(=O)NCc3ccccc3)c2)cc1F. The summed E-state index contributed by atoms with van der Waals surface area (Å²) in [7, 11) is -2.34. The van der Waals surface area contributed by atoms with Crippen LogP contribution in [0.5, 0.6) is 5.75 Å². The largest absolute Gasteiger partial charge is 0.488 e. The third kappa shape index (κ3) is 6.61. The lowest BCUT2D eigenvalue weighted by Gasteiger charge is -2.12. The number of hydrogen-bond acceptors (Lipinski definition) is 5. The van der Waals surface area contributed by atoms with Crippen molar-refractivity contribution in [3.63, 3.8) is 0 Å².